The van der Waals surface area contributed by atoms with Crippen molar-refractivity contribution in [2.24, 2.45) is 0 Å². The summed E-state index contributed by atoms with van der Waals surface area (Å²) < 4.78 is 10.9. The first-order chi connectivity index (χ1) is 14.1. The average Bonchev–Trinajstić information content (AvgIpc) is 3.16. The quantitative estimate of drug-likeness (QED) is 0.530. The third-order valence-corrected chi connectivity index (χ3v) is 4.96. The lowest BCUT2D eigenvalue weighted by atomic mass is 10.1. The van der Waals surface area contributed by atoms with Crippen molar-refractivity contribution in [2.75, 3.05) is 7.11 Å². The van der Waals surface area contributed by atoms with Crippen LogP contribution in [0.15, 0.2) is 60.0 Å². The van der Waals surface area contributed by atoms with E-state index < -0.39 is 0 Å². The first-order valence-electron chi connectivity index (χ1n) is 9.29. The number of carbonyl (C=O) groups is 1. The fraction of sp³-hybridized carbons (Fsp3) is 0.217. The number of carbonyl (C=O) groups excluding carboxylic acids is 1. The van der Waals surface area contributed by atoms with Gasteiger partial charge in [-0.2, -0.15) is 0 Å². The SMILES string of the molecule is COCc1ccc(CNC(=O)/C=C/c2cccc(OCc3csc(C)n3)c2)cc1. The molecule has 3 rings (SSSR count). The van der Waals surface area contributed by atoms with Crippen LogP contribution in [0.25, 0.3) is 6.08 Å². The van der Waals surface area contributed by atoms with Gasteiger partial charge in [-0.25, -0.2) is 4.98 Å². The maximum atomic E-state index is 12.1. The van der Waals surface area contributed by atoms with Crippen LogP contribution in [0.1, 0.15) is 27.4 Å². The lowest BCUT2D eigenvalue weighted by Gasteiger charge is -2.06. The molecule has 0 radical (unpaired) electrons. The molecule has 0 saturated carbocycles. The number of nitrogens with zero attached hydrogens (tertiary/aromatic N) is 1. The zero-order valence-corrected chi connectivity index (χ0v) is 17.4. The molecule has 0 aliphatic heterocycles. The molecule has 1 heterocycles. The summed E-state index contributed by atoms with van der Waals surface area (Å²) >= 11 is 1.61. The van der Waals surface area contributed by atoms with E-state index >= 15 is 0 Å². The van der Waals surface area contributed by atoms with Gasteiger partial charge in [-0.1, -0.05) is 36.4 Å². The van der Waals surface area contributed by atoms with Crippen LogP contribution >= 0.6 is 11.3 Å². The minimum absolute atomic E-state index is 0.143. The summed E-state index contributed by atoms with van der Waals surface area (Å²) in [6, 6.07) is 15.6. The van der Waals surface area contributed by atoms with E-state index in [1.165, 1.54) is 6.08 Å². The second-order valence-corrected chi connectivity index (χ2v) is 7.58. The Labute approximate surface area is 175 Å². The zero-order valence-electron chi connectivity index (χ0n) is 16.6. The van der Waals surface area contributed by atoms with Gasteiger partial charge in [-0.3, -0.25) is 4.79 Å². The summed E-state index contributed by atoms with van der Waals surface area (Å²) in [5.41, 5.74) is 3.97. The van der Waals surface area contributed by atoms with Gasteiger partial charge in [-0.05, 0) is 41.8 Å². The number of benzene rings is 2. The van der Waals surface area contributed by atoms with Gasteiger partial charge < -0.3 is 14.8 Å². The normalized spacial score (nSPS) is 11.0. The molecule has 0 atom stereocenters. The lowest BCUT2D eigenvalue weighted by Crippen LogP contribution is -2.20. The Morgan fingerprint density at radius 2 is 1.93 bits per heavy atom. The third-order valence-electron chi connectivity index (χ3n) is 4.14. The molecular weight excluding hydrogens is 384 g/mol. The molecule has 5 nitrogen and oxygen atoms in total. The Morgan fingerprint density at radius 1 is 1.14 bits per heavy atom. The van der Waals surface area contributed by atoms with E-state index in [9.17, 15) is 4.79 Å². The predicted octanol–water partition coefficient (Wildman–Crippen LogP) is 4.51. The van der Waals surface area contributed by atoms with Crippen molar-refractivity contribution in [1.29, 1.82) is 0 Å². The first-order valence-corrected chi connectivity index (χ1v) is 10.2. The minimum Gasteiger partial charge on any atom is -0.487 e. The van der Waals surface area contributed by atoms with E-state index in [4.69, 9.17) is 9.47 Å². The molecule has 3 aromatic rings. The Kier molecular flexibility index (Phi) is 7.55. The molecule has 0 aliphatic rings. The maximum Gasteiger partial charge on any atom is 0.244 e. The van der Waals surface area contributed by atoms with Crippen LogP contribution in [0.3, 0.4) is 0 Å². The van der Waals surface area contributed by atoms with Crippen molar-refractivity contribution in [3.05, 3.63) is 87.4 Å². The number of ether oxygens (including phenoxy) is 2. The van der Waals surface area contributed by atoms with Gasteiger partial charge in [0.05, 0.1) is 17.3 Å². The van der Waals surface area contributed by atoms with Gasteiger partial charge in [0.1, 0.15) is 12.4 Å². The Balaban J connectivity index is 1.49. The Hall–Kier alpha value is -2.96. The molecule has 1 amide bonds. The highest BCUT2D eigenvalue weighted by molar-refractivity contribution is 7.09. The predicted molar refractivity (Wildman–Crippen MR) is 116 cm³/mol. The number of hydrogen-bond donors (Lipinski definition) is 1. The number of aryl methyl sites for hydroxylation is 1. The van der Waals surface area contributed by atoms with Gasteiger partial charge in [0.2, 0.25) is 5.91 Å². The summed E-state index contributed by atoms with van der Waals surface area (Å²) in [4.78, 5) is 16.5. The standard InChI is InChI=1S/C23H24N2O3S/c1-17-25-21(16-29-17)15-28-22-5-3-4-18(12-22)10-11-23(26)24-13-19-6-8-20(9-7-19)14-27-2/h3-12,16H,13-15H2,1-2H3,(H,24,26)/b11-10+. The maximum absolute atomic E-state index is 12.1. The van der Waals surface area contributed by atoms with Crippen molar-refractivity contribution in [3.63, 3.8) is 0 Å². The van der Waals surface area contributed by atoms with E-state index in [1.54, 1.807) is 24.5 Å². The molecule has 29 heavy (non-hydrogen) atoms. The molecule has 0 bridgehead atoms. The molecule has 6 heteroatoms. The number of hydrogen-bond acceptors (Lipinski definition) is 5. The zero-order chi connectivity index (χ0) is 20.5. The molecular formula is C23H24N2O3S. The summed E-state index contributed by atoms with van der Waals surface area (Å²) in [7, 11) is 1.67. The third kappa shape index (κ3) is 6.85. The highest BCUT2D eigenvalue weighted by Crippen LogP contribution is 2.17. The first kappa shape index (κ1) is 20.8. The summed E-state index contributed by atoms with van der Waals surface area (Å²) in [6.45, 7) is 3.47. The highest BCUT2D eigenvalue weighted by Gasteiger charge is 2.01. The van der Waals surface area contributed by atoms with E-state index in [-0.39, 0.29) is 5.91 Å². The van der Waals surface area contributed by atoms with Crippen LogP contribution in [-0.2, 0) is 29.3 Å². The molecule has 1 N–H and O–H groups in total. The fourth-order valence-corrected chi connectivity index (χ4v) is 3.28. The van der Waals surface area contributed by atoms with E-state index in [2.05, 4.69) is 10.3 Å². The minimum atomic E-state index is -0.143. The number of methoxy groups -OCH3 is 1. The van der Waals surface area contributed by atoms with Gasteiger partial charge in [0.25, 0.3) is 0 Å². The number of rotatable bonds is 9. The Morgan fingerprint density at radius 3 is 2.66 bits per heavy atom. The molecule has 1 aromatic heterocycles. The second kappa shape index (κ2) is 10.5. The van der Waals surface area contributed by atoms with E-state index in [0.717, 1.165) is 33.1 Å². The smallest absolute Gasteiger partial charge is 0.244 e. The van der Waals surface area contributed by atoms with Crippen LogP contribution in [0, 0.1) is 6.92 Å². The molecule has 0 unspecified atom stereocenters. The van der Waals surface area contributed by atoms with Crippen LogP contribution in [0.5, 0.6) is 5.75 Å². The van der Waals surface area contributed by atoms with Crippen molar-refractivity contribution in [1.82, 2.24) is 10.3 Å². The lowest BCUT2D eigenvalue weighted by molar-refractivity contribution is -0.116. The Bertz CT molecular complexity index is 964. The fourth-order valence-electron chi connectivity index (χ4n) is 2.68. The summed E-state index contributed by atoms with van der Waals surface area (Å²) in [6.07, 6.45) is 3.30. The van der Waals surface area contributed by atoms with Gasteiger partial charge in [-0.15, -0.1) is 11.3 Å². The van der Waals surface area contributed by atoms with E-state index in [0.29, 0.717) is 19.8 Å². The van der Waals surface area contributed by atoms with Crippen LogP contribution in [0.2, 0.25) is 0 Å². The van der Waals surface area contributed by atoms with Crippen LogP contribution in [-0.4, -0.2) is 18.0 Å². The summed E-state index contributed by atoms with van der Waals surface area (Å²) in [5.74, 6) is 0.601. The molecule has 150 valence electrons. The van der Waals surface area contributed by atoms with E-state index in [1.807, 2.05) is 60.8 Å². The number of amides is 1. The topological polar surface area (TPSA) is 60.5 Å². The van der Waals surface area contributed by atoms with Crippen LogP contribution < -0.4 is 10.1 Å². The van der Waals surface area contributed by atoms with Gasteiger partial charge in [0.15, 0.2) is 0 Å². The number of nitrogens with one attached hydrogen (secondary N) is 1. The van der Waals surface area contributed by atoms with Crippen molar-refractivity contribution < 1.29 is 14.3 Å². The molecule has 0 fully saturated rings. The van der Waals surface area contributed by atoms with Gasteiger partial charge in [0, 0.05) is 25.1 Å². The van der Waals surface area contributed by atoms with Crippen LogP contribution in [0.4, 0.5) is 0 Å². The summed E-state index contributed by atoms with van der Waals surface area (Å²) in [5, 5.41) is 5.91. The van der Waals surface area contributed by atoms with Crippen molar-refractivity contribution in [2.45, 2.75) is 26.7 Å². The molecule has 0 aliphatic carbocycles. The van der Waals surface area contributed by atoms with Crippen molar-refractivity contribution >= 4 is 23.3 Å². The number of thiazole rings is 1. The average molecular weight is 409 g/mol. The molecule has 0 spiro atoms. The second-order valence-electron chi connectivity index (χ2n) is 6.52. The number of aromatic nitrogens is 1. The van der Waals surface area contributed by atoms with Crippen molar-refractivity contribution in [3.8, 4) is 5.75 Å². The largest absolute Gasteiger partial charge is 0.487 e. The molecule has 2 aromatic carbocycles. The highest BCUT2D eigenvalue weighted by atomic mass is 32.1. The molecule has 0 saturated heterocycles. The monoisotopic (exact) mass is 408 g/mol. The van der Waals surface area contributed by atoms with Gasteiger partial charge >= 0.3 is 0 Å².